The van der Waals surface area contributed by atoms with Gasteiger partial charge < -0.3 is 18.6 Å². The fraction of sp³-hybridized carbons (Fsp3) is 0. The fourth-order valence-corrected chi connectivity index (χ4v) is 8.40. The van der Waals surface area contributed by atoms with Gasteiger partial charge in [-0.05, 0) is 64.9 Å². The average Bonchev–Trinajstić information content (AvgIpc) is 3.78. The summed E-state index contributed by atoms with van der Waals surface area (Å²) in [6.45, 7) is 0.0211. The molecule has 0 atom stereocenters. The Kier molecular flexibility index (Phi) is 6.01. The van der Waals surface area contributed by atoms with Gasteiger partial charge in [-0.1, -0.05) is 127 Å². The number of fused-ring (bicyclic) bond motifs is 6. The molecule has 2 aromatic heterocycles. The summed E-state index contributed by atoms with van der Waals surface area (Å²) in [5, 5.41) is 2.14. The monoisotopic (exact) mass is 652 g/mol. The van der Waals surface area contributed by atoms with Crippen LogP contribution in [0.1, 0.15) is 0 Å². The number of benzene rings is 7. The van der Waals surface area contributed by atoms with E-state index in [1.165, 1.54) is 16.4 Å². The van der Waals surface area contributed by atoms with Crippen LogP contribution in [0, 0.1) is 0 Å². The Morgan fingerprint density at radius 3 is 1.24 bits per heavy atom. The molecule has 2 aliphatic rings. The minimum atomic E-state index is 0.0211. The van der Waals surface area contributed by atoms with Crippen molar-refractivity contribution < 1.29 is 8.83 Å². The summed E-state index contributed by atoms with van der Waals surface area (Å²) >= 11 is 0. The van der Waals surface area contributed by atoms with Crippen LogP contribution >= 0.6 is 0 Å². The van der Waals surface area contributed by atoms with Crippen LogP contribution < -0.4 is 26.2 Å². The summed E-state index contributed by atoms with van der Waals surface area (Å²) in [6.07, 6.45) is 0. The highest BCUT2D eigenvalue weighted by Crippen LogP contribution is 2.52. The van der Waals surface area contributed by atoms with Gasteiger partial charge >= 0.3 is 0 Å². The van der Waals surface area contributed by atoms with Gasteiger partial charge in [0.15, 0.2) is 11.5 Å². The Labute approximate surface area is 295 Å². The van der Waals surface area contributed by atoms with Crippen LogP contribution in [0.5, 0.6) is 0 Å². The topological polar surface area (TPSA) is 32.8 Å². The number of anilines is 6. The number of para-hydroxylation sites is 4. The third-order valence-electron chi connectivity index (χ3n) is 10.5. The van der Waals surface area contributed by atoms with Crippen LogP contribution in [0.3, 0.4) is 0 Å². The quantitative estimate of drug-likeness (QED) is 0.177. The highest BCUT2D eigenvalue weighted by atomic mass is 16.3. The first-order valence-electron chi connectivity index (χ1n) is 17.4. The lowest BCUT2D eigenvalue weighted by molar-refractivity contribution is 0.631. The first-order valence-corrected chi connectivity index (χ1v) is 17.4. The van der Waals surface area contributed by atoms with E-state index in [1.807, 2.05) is 12.1 Å². The number of rotatable bonds is 4. The zero-order valence-electron chi connectivity index (χ0n) is 27.5. The van der Waals surface area contributed by atoms with Gasteiger partial charge in [0.05, 0.1) is 0 Å². The maximum absolute atomic E-state index is 6.75. The molecule has 9 aromatic rings. The maximum atomic E-state index is 6.75. The van der Waals surface area contributed by atoms with Crippen molar-refractivity contribution in [2.45, 2.75) is 0 Å². The van der Waals surface area contributed by atoms with Crippen molar-refractivity contribution in [3.05, 3.63) is 176 Å². The normalized spacial score (nSPS) is 13.0. The molecule has 0 saturated heterocycles. The van der Waals surface area contributed by atoms with Gasteiger partial charge in [0.1, 0.15) is 22.5 Å². The van der Waals surface area contributed by atoms with E-state index in [0.717, 1.165) is 78.7 Å². The van der Waals surface area contributed by atoms with Crippen molar-refractivity contribution in [3.8, 4) is 22.6 Å². The minimum Gasteiger partial charge on any atom is -0.454 e. The lowest BCUT2D eigenvalue weighted by atomic mass is 9.33. The number of furan rings is 2. The molecule has 4 heterocycles. The molecule has 0 saturated carbocycles. The predicted octanol–water partition coefficient (Wildman–Crippen LogP) is 10.6. The largest absolute Gasteiger partial charge is 0.454 e. The molecule has 0 amide bonds. The van der Waals surface area contributed by atoms with Crippen LogP contribution in [0.15, 0.2) is 185 Å². The summed E-state index contributed by atoms with van der Waals surface area (Å²) in [5.41, 5.74) is 14.2. The maximum Gasteiger partial charge on any atom is 0.252 e. The SMILES string of the molecule is c1ccc(-c2oc3ccccc3c2N2c3ccccc3B3c4ccccc4N(c4c(-c5ccccc5)oc5ccccc45)c4cccc2c43)cc1. The predicted molar refractivity (Wildman–Crippen MR) is 211 cm³/mol. The third-order valence-corrected chi connectivity index (χ3v) is 10.5. The molecule has 0 spiro atoms. The molecular formula is C46H29BN2O2. The molecule has 4 nitrogen and oxygen atoms in total. The summed E-state index contributed by atoms with van der Waals surface area (Å²) in [6, 6.07) is 62.2. The van der Waals surface area contributed by atoms with Gasteiger partial charge in [-0.25, -0.2) is 0 Å². The van der Waals surface area contributed by atoms with E-state index in [1.54, 1.807) is 0 Å². The Morgan fingerprint density at radius 1 is 0.353 bits per heavy atom. The first-order chi connectivity index (χ1) is 25.3. The summed E-state index contributed by atoms with van der Waals surface area (Å²) in [4.78, 5) is 4.88. The second-order valence-electron chi connectivity index (χ2n) is 13.2. The van der Waals surface area contributed by atoms with E-state index in [-0.39, 0.29) is 6.71 Å². The van der Waals surface area contributed by atoms with E-state index in [4.69, 9.17) is 8.83 Å². The van der Waals surface area contributed by atoms with Crippen LogP contribution in [0.4, 0.5) is 34.1 Å². The van der Waals surface area contributed by atoms with Crippen molar-refractivity contribution >= 4 is 79.2 Å². The molecule has 0 radical (unpaired) electrons. The van der Waals surface area contributed by atoms with Crippen molar-refractivity contribution in [1.82, 2.24) is 0 Å². The molecule has 0 unspecified atom stereocenters. The van der Waals surface area contributed by atoms with Crippen LogP contribution in [0.25, 0.3) is 44.6 Å². The van der Waals surface area contributed by atoms with Crippen molar-refractivity contribution in [3.63, 3.8) is 0 Å². The Balaban J connectivity index is 1.25. The van der Waals surface area contributed by atoms with Gasteiger partial charge in [0, 0.05) is 44.6 Å². The smallest absolute Gasteiger partial charge is 0.252 e. The highest BCUT2D eigenvalue weighted by molar-refractivity contribution is 7.00. The standard InChI is InChI=1S/C46H29BN2O2/c1-3-16-30(17-4-1)45-43(32-20-7-13-28-40(32)50-45)48-36-24-11-9-22-34(36)47-35-23-10-12-25-37(35)49(39-27-15-26-38(48)42(39)47)44-33-21-8-14-29-41(33)51-46(44)31-18-5-2-6-19-31/h1-29H. The van der Waals surface area contributed by atoms with Gasteiger partial charge in [0.25, 0.3) is 6.71 Å². The lowest BCUT2D eigenvalue weighted by Gasteiger charge is -2.43. The van der Waals surface area contributed by atoms with E-state index < -0.39 is 0 Å². The zero-order chi connectivity index (χ0) is 33.5. The number of nitrogens with zero attached hydrogens (tertiary/aromatic N) is 2. The molecule has 0 fully saturated rings. The molecule has 0 aliphatic carbocycles. The van der Waals surface area contributed by atoms with Crippen molar-refractivity contribution in [2.75, 3.05) is 9.80 Å². The average molecular weight is 653 g/mol. The van der Waals surface area contributed by atoms with Gasteiger partial charge in [-0.3, -0.25) is 0 Å². The molecule has 7 aromatic carbocycles. The van der Waals surface area contributed by atoms with E-state index in [2.05, 4.69) is 174 Å². The summed E-state index contributed by atoms with van der Waals surface area (Å²) in [7, 11) is 0. The Hall–Kier alpha value is -6.72. The van der Waals surface area contributed by atoms with Crippen molar-refractivity contribution in [1.29, 1.82) is 0 Å². The van der Waals surface area contributed by atoms with Crippen LogP contribution in [-0.2, 0) is 0 Å². The summed E-state index contributed by atoms with van der Waals surface area (Å²) < 4.78 is 13.5. The molecule has 51 heavy (non-hydrogen) atoms. The molecule has 11 rings (SSSR count). The second-order valence-corrected chi connectivity index (χ2v) is 13.2. The van der Waals surface area contributed by atoms with Gasteiger partial charge in [-0.2, -0.15) is 0 Å². The lowest BCUT2D eigenvalue weighted by Crippen LogP contribution is -2.61. The Morgan fingerprint density at radius 2 is 0.745 bits per heavy atom. The zero-order valence-corrected chi connectivity index (χ0v) is 27.5. The van der Waals surface area contributed by atoms with E-state index >= 15 is 0 Å². The minimum absolute atomic E-state index is 0.0211. The molecular weight excluding hydrogens is 623 g/mol. The van der Waals surface area contributed by atoms with Crippen LogP contribution in [0.2, 0.25) is 0 Å². The first kappa shape index (κ1) is 28.2. The summed E-state index contributed by atoms with van der Waals surface area (Å²) in [5.74, 6) is 1.70. The molecule has 238 valence electrons. The Bertz CT molecular complexity index is 2600. The van der Waals surface area contributed by atoms with Gasteiger partial charge in [0.2, 0.25) is 0 Å². The van der Waals surface area contributed by atoms with Gasteiger partial charge in [-0.15, -0.1) is 0 Å². The molecule has 0 N–H and O–H groups in total. The van der Waals surface area contributed by atoms with Crippen LogP contribution in [-0.4, -0.2) is 6.71 Å². The second kappa shape index (κ2) is 10.9. The number of hydrogen-bond donors (Lipinski definition) is 0. The molecule has 2 aliphatic heterocycles. The van der Waals surface area contributed by atoms with Crippen molar-refractivity contribution in [2.24, 2.45) is 0 Å². The number of hydrogen-bond acceptors (Lipinski definition) is 4. The van der Waals surface area contributed by atoms with E-state index in [9.17, 15) is 0 Å². The third kappa shape index (κ3) is 4.03. The fourth-order valence-electron chi connectivity index (χ4n) is 8.40. The molecule has 5 heteroatoms. The van der Waals surface area contributed by atoms with E-state index in [0.29, 0.717) is 0 Å². The highest BCUT2D eigenvalue weighted by Gasteiger charge is 2.44. The molecule has 0 bridgehead atoms.